The maximum absolute atomic E-state index is 12.6. The van der Waals surface area contributed by atoms with Gasteiger partial charge in [-0.05, 0) is 49.8 Å². The minimum absolute atomic E-state index is 0.0476. The van der Waals surface area contributed by atoms with E-state index >= 15 is 0 Å². The van der Waals surface area contributed by atoms with Crippen molar-refractivity contribution in [2.45, 2.75) is 13.0 Å². The maximum atomic E-state index is 12.6. The van der Waals surface area contributed by atoms with E-state index < -0.39 is 0 Å². The van der Waals surface area contributed by atoms with Crippen LogP contribution in [0.5, 0.6) is 0 Å². The number of benzene rings is 3. The van der Waals surface area contributed by atoms with Crippen molar-refractivity contribution >= 4 is 5.91 Å². The molecular formula is C24H26N2O. The number of carbonyl (C=O) groups excluding carboxylic acids is 1. The highest BCUT2D eigenvalue weighted by Gasteiger charge is 2.16. The molecule has 0 saturated heterocycles. The van der Waals surface area contributed by atoms with Crippen molar-refractivity contribution in [2.24, 2.45) is 0 Å². The first kappa shape index (κ1) is 18.9. The van der Waals surface area contributed by atoms with Crippen molar-refractivity contribution in [1.29, 1.82) is 0 Å². The van der Waals surface area contributed by atoms with E-state index in [4.69, 9.17) is 0 Å². The molecule has 0 aliphatic rings. The number of likely N-dealkylation sites (N-methyl/N-ethyl adjacent to an activating group) is 1. The van der Waals surface area contributed by atoms with Crippen LogP contribution in [0.1, 0.15) is 27.5 Å². The Bertz CT molecular complexity index is 869. The molecule has 0 radical (unpaired) electrons. The maximum Gasteiger partial charge on any atom is 0.251 e. The molecule has 3 aromatic carbocycles. The second-order valence-corrected chi connectivity index (χ2v) is 7.04. The number of hydrogen-bond donors (Lipinski definition) is 1. The van der Waals surface area contributed by atoms with Gasteiger partial charge in [0.1, 0.15) is 0 Å². The zero-order chi connectivity index (χ0) is 19.2. The Kier molecular flexibility index (Phi) is 6.05. The van der Waals surface area contributed by atoms with Gasteiger partial charge in [-0.1, -0.05) is 72.3 Å². The van der Waals surface area contributed by atoms with E-state index in [9.17, 15) is 4.79 Å². The lowest BCUT2D eigenvalue weighted by molar-refractivity contribution is 0.0942. The first-order valence-corrected chi connectivity index (χ1v) is 9.21. The molecule has 0 fully saturated rings. The molecule has 0 spiro atoms. The summed E-state index contributed by atoms with van der Waals surface area (Å²) < 4.78 is 0. The smallest absolute Gasteiger partial charge is 0.251 e. The number of amides is 1. The fraction of sp³-hybridized carbons (Fsp3) is 0.208. The number of hydrogen-bond acceptors (Lipinski definition) is 2. The van der Waals surface area contributed by atoms with Gasteiger partial charge in [0.05, 0.1) is 6.04 Å². The van der Waals surface area contributed by atoms with Gasteiger partial charge in [0.25, 0.3) is 5.91 Å². The van der Waals surface area contributed by atoms with Crippen molar-refractivity contribution < 1.29 is 4.79 Å². The zero-order valence-electron chi connectivity index (χ0n) is 16.1. The molecule has 1 N–H and O–H groups in total. The molecule has 3 heteroatoms. The van der Waals surface area contributed by atoms with Gasteiger partial charge >= 0.3 is 0 Å². The number of nitrogens with one attached hydrogen (secondary N) is 1. The van der Waals surface area contributed by atoms with Gasteiger partial charge in [-0.2, -0.15) is 0 Å². The lowest BCUT2D eigenvalue weighted by atomic mass is 10.0. The van der Waals surface area contributed by atoms with E-state index in [-0.39, 0.29) is 11.9 Å². The Balaban J connectivity index is 1.66. The standard InChI is InChI=1S/C24H26N2O/c1-18-9-11-21(12-10-18)23(26(2)3)17-25-24(27)22-15-13-20(14-16-22)19-7-5-4-6-8-19/h4-16,23H,17H2,1-3H3,(H,25,27)/t23-/m1/s1. The summed E-state index contributed by atoms with van der Waals surface area (Å²) >= 11 is 0. The monoisotopic (exact) mass is 358 g/mol. The normalized spacial score (nSPS) is 12.0. The Morgan fingerprint density at radius 2 is 1.44 bits per heavy atom. The Hall–Kier alpha value is -2.91. The molecule has 138 valence electrons. The largest absolute Gasteiger partial charge is 0.350 e. The van der Waals surface area contributed by atoms with Crippen molar-refractivity contribution in [3.8, 4) is 11.1 Å². The summed E-state index contributed by atoms with van der Waals surface area (Å²) in [5.41, 5.74) is 5.37. The topological polar surface area (TPSA) is 32.3 Å². The molecule has 0 bridgehead atoms. The fourth-order valence-electron chi connectivity index (χ4n) is 3.12. The van der Waals surface area contributed by atoms with E-state index in [1.165, 1.54) is 11.1 Å². The van der Waals surface area contributed by atoms with E-state index in [1.807, 2.05) is 56.6 Å². The Labute approximate surface area is 161 Å². The molecule has 1 atom stereocenters. The molecule has 1 amide bonds. The SMILES string of the molecule is Cc1ccc([C@@H](CNC(=O)c2ccc(-c3ccccc3)cc2)N(C)C)cc1. The van der Waals surface area contributed by atoms with Gasteiger partial charge in [0.15, 0.2) is 0 Å². The van der Waals surface area contributed by atoms with Crippen LogP contribution in [0.2, 0.25) is 0 Å². The van der Waals surface area contributed by atoms with E-state index in [2.05, 4.69) is 53.5 Å². The first-order chi connectivity index (χ1) is 13.0. The third-order valence-electron chi connectivity index (χ3n) is 4.80. The van der Waals surface area contributed by atoms with Gasteiger partial charge in [0.2, 0.25) is 0 Å². The van der Waals surface area contributed by atoms with Crippen LogP contribution in [0, 0.1) is 6.92 Å². The average molecular weight is 358 g/mol. The van der Waals surface area contributed by atoms with Crippen LogP contribution in [0.3, 0.4) is 0 Å². The summed E-state index contributed by atoms with van der Waals surface area (Å²) in [6.45, 7) is 2.64. The highest BCUT2D eigenvalue weighted by molar-refractivity contribution is 5.94. The van der Waals surface area contributed by atoms with Gasteiger partial charge in [-0.25, -0.2) is 0 Å². The van der Waals surface area contributed by atoms with Crippen LogP contribution in [0.15, 0.2) is 78.9 Å². The fourth-order valence-corrected chi connectivity index (χ4v) is 3.12. The summed E-state index contributed by atoms with van der Waals surface area (Å²) in [7, 11) is 4.07. The number of nitrogens with zero attached hydrogens (tertiary/aromatic N) is 1. The number of carbonyl (C=O) groups is 1. The highest BCUT2D eigenvalue weighted by atomic mass is 16.1. The molecule has 27 heavy (non-hydrogen) atoms. The minimum atomic E-state index is -0.0476. The van der Waals surface area contributed by atoms with Gasteiger partial charge in [0, 0.05) is 12.1 Å². The van der Waals surface area contributed by atoms with Crippen LogP contribution in [-0.2, 0) is 0 Å². The predicted octanol–water partition coefficient (Wildman–Crippen LogP) is 4.69. The molecular weight excluding hydrogens is 332 g/mol. The molecule has 0 aromatic heterocycles. The summed E-state index contributed by atoms with van der Waals surface area (Å²) in [6, 6.07) is 26.5. The van der Waals surface area contributed by atoms with E-state index in [0.29, 0.717) is 12.1 Å². The Morgan fingerprint density at radius 3 is 2.04 bits per heavy atom. The third-order valence-corrected chi connectivity index (χ3v) is 4.80. The molecule has 0 aliphatic carbocycles. The van der Waals surface area contributed by atoms with Crippen LogP contribution in [0.25, 0.3) is 11.1 Å². The van der Waals surface area contributed by atoms with E-state index in [0.717, 1.165) is 11.1 Å². The van der Waals surface area contributed by atoms with Crippen LogP contribution in [-0.4, -0.2) is 31.4 Å². The van der Waals surface area contributed by atoms with Crippen molar-refractivity contribution in [3.63, 3.8) is 0 Å². The molecule has 0 heterocycles. The molecule has 3 nitrogen and oxygen atoms in total. The number of rotatable bonds is 6. The number of aryl methyl sites for hydroxylation is 1. The summed E-state index contributed by atoms with van der Waals surface area (Å²) in [6.07, 6.45) is 0. The van der Waals surface area contributed by atoms with Gasteiger partial charge in [-0.3, -0.25) is 4.79 Å². The minimum Gasteiger partial charge on any atom is -0.350 e. The summed E-state index contributed by atoms with van der Waals surface area (Å²) in [4.78, 5) is 14.7. The summed E-state index contributed by atoms with van der Waals surface area (Å²) in [5.74, 6) is -0.0476. The second-order valence-electron chi connectivity index (χ2n) is 7.04. The second kappa shape index (κ2) is 8.65. The van der Waals surface area contributed by atoms with E-state index in [1.54, 1.807) is 0 Å². The van der Waals surface area contributed by atoms with Crippen LogP contribution < -0.4 is 5.32 Å². The molecule has 0 saturated carbocycles. The summed E-state index contributed by atoms with van der Waals surface area (Å²) in [5, 5.41) is 3.07. The first-order valence-electron chi connectivity index (χ1n) is 9.21. The highest BCUT2D eigenvalue weighted by Crippen LogP contribution is 2.20. The van der Waals surface area contributed by atoms with Crippen LogP contribution >= 0.6 is 0 Å². The Morgan fingerprint density at radius 1 is 0.852 bits per heavy atom. The predicted molar refractivity (Wildman–Crippen MR) is 112 cm³/mol. The quantitative estimate of drug-likeness (QED) is 0.693. The van der Waals surface area contributed by atoms with Gasteiger partial charge in [-0.15, -0.1) is 0 Å². The lowest BCUT2D eigenvalue weighted by Crippen LogP contribution is -2.34. The van der Waals surface area contributed by atoms with Crippen LogP contribution in [0.4, 0.5) is 0 Å². The molecule has 3 aromatic rings. The van der Waals surface area contributed by atoms with Crippen molar-refractivity contribution in [1.82, 2.24) is 10.2 Å². The molecule has 0 unspecified atom stereocenters. The van der Waals surface area contributed by atoms with Gasteiger partial charge < -0.3 is 10.2 Å². The average Bonchev–Trinajstić information content (AvgIpc) is 2.70. The third kappa shape index (κ3) is 4.83. The van der Waals surface area contributed by atoms with Crippen molar-refractivity contribution in [2.75, 3.05) is 20.6 Å². The molecule has 3 rings (SSSR count). The molecule has 0 aliphatic heterocycles. The lowest BCUT2D eigenvalue weighted by Gasteiger charge is -2.25. The van der Waals surface area contributed by atoms with Crippen molar-refractivity contribution in [3.05, 3.63) is 95.6 Å². The zero-order valence-corrected chi connectivity index (χ0v) is 16.1.